The fourth-order valence-electron chi connectivity index (χ4n) is 3.21. The van der Waals surface area contributed by atoms with Gasteiger partial charge in [0, 0.05) is 29.3 Å². The highest BCUT2D eigenvalue weighted by Gasteiger charge is 2.30. The Kier molecular flexibility index (Phi) is 6.30. The van der Waals surface area contributed by atoms with Crippen molar-refractivity contribution in [3.05, 3.63) is 64.4 Å². The van der Waals surface area contributed by atoms with Crippen LogP contribution in [0.3, 0.4) is 0 Å². The first-order valence-electron chi connectivity index (χ1n) is 10.8. The minimum Gasteiger partial charge on any atom is -0.469 e. The number of hydrogen-bond acceptors (Lipinski definition) is 7. The Morgan fingerprint density at radius 2 is 1.91 bits per heavy atom. The second-order valence-electron chi connectivity index (χ2n) is 9.09. The molecule has 172 valence electrons. The molecule has 0 radical (unpaired) electrons. The molecule has 0 spiro atoms. The van der Waals surface area contributed by atoms with Crippen LogP contribution in [-0.2, 0) is 4.74 Å². The predicted octanol–water partition coefficient (Wildman–Crippen LogP) is 6.03. The number of nitrogens with zero attached hydrogens (tertiary/aromatic N) is 2. The number of rotatable bonds is 7. The Morgan fingerprint density at radius 1 is 1.15 bits per heavy atom. The molecule has 1 unspecified atom stereocenters. The van der Waals surface area contributed by atoms with Gasteiger partial charge in [-0.3, -0.25) is 4.79 Å². The number of aromatic nitrogens is 2. The molecule has 0 N–H and O–H groups in total. The highest BCUT2D eigenvalue weighted by molar-refractivity contribution is 7.06. The van der Waals surface area contributed by atoms with Crippen LogP contribution in [0.1, 0.15) is 72.2 Å². The van der Waals surface area contributed by atoms with Gasteiger partial charge in [0.1, 0.15) is 17.5 Å². The minimum absolute atomic E-state index is 0.115. The predicted molar refractivity (Wildman–Crippen MR) is 123 cm³/mol. The number of pyridine rings is 1. The van der Waals surface area contributed by atoms with E-state index in [9.17, 15) is 14.0 Å². The summed E-state index contributed by atoms with van der Waals surface area (Å²) in [7, 11) is 0. The third kappa shape index (κ3) is 5.63. The van der Waals surface area contributed by atoms with Gasteiger partial charge in [0.05, 0.1) is 16.1 Å². The average molecular weight is 469 g/mol. The molecule has 0 aliphatic heterocycles. The highest BCUT2D eigenvalue weighted by atomic mass is 32.1. The lowest BCUT2D eigenvalue weighted by atomic mass is 10.1. The molecular weight excluding hydrogens is 443 g/mol. The summed E-state index contributed by atoms with van der Waals surface area (Å²) in [5, 5.41) is 0. The molecular formula is C25H25FN2O4S. The van der Waals surface area contributed by atoms with Crippen molar-refractivity contribution >= 4 is 23.3 Å². The van der Waals surface area contributed by atoms with E-state index in [1.165, 1.54) is 23.7 Å². The van der Waals surface area contributed by atoms with Gasteiger partial charge in [0.15, 0.2) is 5.78 Å². The third-order valence-electron chi connectivity index (χ3n) is 5.08. The number of esters is 1. The first-order valence-corrected chi connectivity index (χ1v) is 11.5. The van der Waals surface area contributed by atoms with Crippen LogP contribution in [-0.4, -0.2) is 26.7 Å². The number of ether oxygens (including phenoxy) is 2. The van der Waals surface area contributed by atoms with E-state index in [4.69, 9.17) is 9.47 Å². The van der Waals surface area contributed by atoms with E-state index in [-0.39, 0.29) is 23.4 Å². The smallest absolute Gasteiger partial charge is 0.341 e. The highest BCUT2D eigenvalue weighted by Crippen LogP contribution is 2.33. The van der Waals surface area contributed by atoms with Gasteiger partial charge in [-0.2, -0.15) is 4.37 Å². The standard InChI is InChI=1S/C25H25FN2O4S/c1-14(31-22-10-8-17(13-27-22)23(29)15-5-6-15)21-12-20(28-33-21)16-7-9-18(19(26)11-16)24(30)32-25(2,3)4/h7-15H,5-6H2,1-4H3. The van der Waals surface area contributed by atoms with Crippen LogP contribution in [0.4, 0.5) is 4.39 Å². The maximum absolute atomic E-state index is 14.6. The number of carbonyl (C=O) groups is 2. The van der Waals surface area contributed by atoms with E-state index < -0.39 is 17.4 Å². The fraction of sp³-hybridized carbons (Fsp3) is 0.360. The summed E-state index contributed by atoms with van der Waals surface area (Å²) in [4.78, 5) is 29.4. The van der Waals surface area contributed by atoms with E-state index >= 15 is 0 Å². The lowest BCUT2D eigenvalue weighted by Crippen LogP contribution is -2.24. The lowest BCUT2D eigenvalue weighted by Gasteiger charge is -2.19. The zero-order chi connectivity index (χ0) is 23.8. The molecule has 2 aromatic heterocycles. The molecule has 1 saturated carbocycles. The second-order valence-corrected chi connectivity index (χ2v) is 9.93. The summed E-state index contributed by atoms with van der Waals surface area (Å²) in [5.41, 5.74) is 0.920. The zero-order valence-electron chi connectivity index (χ0n) is 18.9. The van der Waals surface area contributed by atoms with Crippen molar-refractivity contribution in [1.29, 1.82) is 0 Å². The second kappa shape index (κ2) is 9.02. The maximum atomic E-state index is 14.6. The Morgan fingerprint density at radius 3 is 2.52 bits per heavy atom. The van der Waals surface area contributed by atoms with Crippen molar-refractivity contribution in [2.75, 3.05) is 0 Å². The van der Waals surface area contributed by atoms with Crippen LogP contribution >= 0.6 is 11.5 Å². The molecule has 1 aliphatic carbocycles. The molecule has 6 nitrogen and oxygen atoms in total. The Hall–Kier alpha value is -3.13. The average Bonchev–Trinajstić information content (AvgIpc) is 3.48. The molecule has 8 heteroatoms. The van der Waals surface area contributed by atoms with Gasteiger partial charge in [0.25, 0.3) is 0 Å². The largest absolute Gasteiger partial charge is 0.469 e. The maximum Gasteiger partial charge on any atom is 0.341 e. The summed E-state index contributed by atoms with van der Waals surface area (Å²) in [5.74, 6) is -0.664. The van der Waals surface area contributed by atoms with Crippen molar-refractivity contribution in [2.24, 2.45) is 5.92 Å². The van der Waals surface area contributed by atoms with Crippen LogP contribution in [0.2, 0.25) is 0 Å². The molecule has 1 fully saturated rings. The molecule has 1 atom stereocenters. The van der Waals surface area contributed by atoms with Gasteiger partial charge in [-0.15, -0.1) is 0 Å². The van der Waals surface area contributed by atoms with E-state index in [0.29, 0.717) is 22.7 Å². The van der Waals surface area contributed by atoms with Crippen LogP contribution in [0, 0.1) is 11.7 Å². The molecule has 1 aromatic carbocycles. The Balaban J connectivity index is 1.43. The van der Waals surface area contributed by atoms with Gasteiger partial charge < -0.3 is 9.47 Å². The van der Waals surface area contributed by atoms with E-state index in [2.05, 4.69) is 9.36 Å². The summed E-state index contributed by atoms with van der Waals surface area (Å²) >= 11 is 1.25. The van der Waals surface area contributed by atoms with E-state index in [0.717, 1.165) is 17.7 Å². The summed E-state index contributed by atoms with van der Waals surface area (Å²) in [6.07, 6.45) is 3.13. The summed E-state index contributed by atoms with van der Waals surface area (Å²) in [6, 6.07) is 9.58. The van der Waals surface area contributed by atoms with Gasteiger partial charge in [-0.25, -0.2) is 14.2 Å². The molecule has 1 aliphatic rings. The van der Waals surface area contributed by atoms with Gasteiger partial charge in [0.2, 0.25) is 5.88 Å². The molecule has 0 bridgehead atoms. The molecule has 0 saturated heterocycles. The van der Waals surface area contributed by atoms with Gasteiger partial charge in [-0.1, -0.05) is 6.07 Å². The molecule has 3 aromatic rings. The quantitative estimate of drug-likeness (QED) is 0.311. The number of Topliss-reactive ketones (excluding diaryl/α,β-unsaturated/α-hetero) is 1. The number of carbonyl (C=O) groups excluding carboxylic acids is 2. The van der Waals surface area contributed by atoms with Crippen molar-refractivity contribution in [3.8, 4) is 17.1 Å². The lowest BCUT2D eigenvalue weighted by molar-refractivity contribution is 0.00646. The monoisotopic (exact) mass is 468 g/mol. The van der Waals surface area contributed by atoms with Crippen LogP contribution in [0.25, 0.3) is 11.3 Å². The first-order chi connectivity index (χ1) is 15.6. The first kappa shape index (κ1) is 23.0. The molecule has 2 heterocycles. The minimum atomic E-state index is -0.704. The Bertz CT molecular complexity index is 1180. The fourth-order valence-corrected chi connectivity index (χ4v) is 3.93. The zero-order valence-corrected chi connectivity index (χ0v) is 19.7. The normalized spacial score (nSPS) is 14.6. The number of benzene rings is 1. The SMILES string of the molecule is CC(Oc1ccc(C(=O)C2CC2)cn1)c1cc(-c2ccc(C(=O)OC(C)(C)C)c(F)c2)ns1. The topological polar surface area (TPSA) is 78.4 Å². The van der Waals surface area contributed by atoms with Crippen molar-refractivity contribution < 1.29 is 23.5 Å². The van der Waals surface area contributed by atoms with Crippen molar-refractivity contribution in [2.45, 2.75) is 52.2 Å². The van der Waals surface area contributed by atoms with Crippen LogP contribution in [0.5, 0.6) is 5.88 Å². The summed E-state index contributed by atoms with van der Waals surface area (Å²) < 4.78 is 30.1. The summed E-state index contributed by atoms with van der Waals surface area (Å²) in [6.45, 7) is 7.06. The van der Waals surface area contributed by atoms with Gasteiger partial charge in [-0.05, 0) is 76.3 Å². The molecule has 0 amide bonds. The van der Waals surface area contributed by atoms with Crippen LogP contribution in [0.15, 0.2) is 42.6 Å². The van der Waals surface area contributed by atoms with E-state index in [1.807, 2.05) is 13.0 Å². The molecule has 33 heavy (non-hydrogen) atoms. The number of halogens is 1. The van der Waals surface area contributed by atoms with Gasteiger partial charge >= 0.3 is 5.97 Å². The van der Waals surface area contributed by atoms with Crippen LogP contribution < -0.4 is 4.74 Å². The number of ketones is 1. The van der Waals surface area contributed by atoms with Crippen molar-refractivity contribution in [1.82, 2.24) is 9.36 Å². The molecule has 4 rings (SSSR count). The Labute approximate surface area is 195 Å². The van der Waals surface area contributed by atoms with Crippen molar-refractivity contribution in [3.63, 3.8) is 0 Å². The van der Waals surface area contributed by atoms with E-state index in [1.54, 1.807) is 45.2 Å². The number of hydrogen-bond donors (Lipinski definition) is 0. The third-order valence-corrected chi connectivity index (χ3v) is 6.03.